The third-order valence-electron chi connectivity index (χ3n) is 5.02. The Bertz CT molecular complexity index is 874. The summed E-state index contributed by atoms with van der Waals surface area (Å²) in [6, 6.07) is 14.7. The molecular weight excluding hydrogens is 444 g/mol. The molecule has 2 aromatic rings. The molecule has 2 aromatic carbocycles. The van der Waals surface area contributed by atoms with Crippen LogP contribution in [0.4, 0.5) is 0 Å². The van der Waals surface area contributed by atoms with Crippen LogP contribution in [0.2, 0.25) is 5.02 Å². The number of nitrogens with one attached hydrogen (secondary N) is 1. The van der Waals surface area contributed by atoms with Gasteiger partial charge in [-0.05, 0) is 41.7 Å². The Morgan fingerprint density at radius 3 is 2.41 bits per heavy atom. The minimum Gasteiger partial charge on any atom is -0.497 e. The van der Waals surface area contributed by atoms with Crippen molar-refractivity contribution in [1.82, 2.24) is 10.2 Å². The summed E-state index contributed by atoms with van der Waals surface area (Å²) < 4.78 is 5.19. The maximum Gasteiger partial charge on any atom is 0.242 e. The number of nitrogens with zero attached hydrogens (tertiary/aromatic N) is 1. The van der Waals surface area contributed by atoms with Crippen molar-refractivity contribution >= 4 is 35.2 Å². The van der Waals surface area contributed by atoms with Crippen LogP contribution in [-0.2, 0) is 21.9 Å². The predicted octanol–water partition coefficient (Wildman–Crippen LogP) is 5.16. The molecule has 0 radical (unpaired) electrons. The highest BCUT2D eigenvalue weighted by atomic mass is 35.5. The molecule has 0 aliphatic rings. The normalized spacial score (nSPS) is 11.8. The number of methoxy groups -OCH3 is 1. The Morgan fingerprint density at radius 1 is 1.12 bits per heavy atom. The number of hydrogen-bond donors (Lipinski definition) is 1. The first-order chi connectivity index (χ1) is 15.3. The summed E-state index contributed by atoms with van der Waals surface area (Å²) in [7, 11) is 1.64. The Morgan fingerprint density at radius 2 is 1.81 bits per heavy atom. The van der Waals surface area contributed by atoms with Crippen molar-refractivity contribution in [2.24, 2.45) is 5.92 Å². The predicted molar refractivity (Wildman–Crippen MR) is 133 cm³/mol. The molecule has 0 aromatic heterocycles. The highest BCUT2D eigenvalue weighted by molar-refractivity contribution is 7.99. The van der Waals surface area contributed by atoms with Crippen molar-refractivity contribution in [2.45, 2.75) is 45.5 Å². The Labute approximate surface area is 200 Å². The number of ether oxygens (including phenoxy) is 1. The smallest absolute Gasteiger partial charge is 0.242 e. The van der Waals surface area contributed by atoms with Gasteiger partial charge in [0.05, 0.1) is 12.9 Å². The van der Waals surface area contributed by atoms with E-state index in [0.717, 1.165) is 16.9 Å². The zero-order valence-electron chi connectivity index (χ0n) is 19.3. The fourth-order valence-electron chi connectivity index (χ4n) is 3.21. The second-order valence-corrected chi connectivity index (χ2v) is 9.41. The molecule has 5 nitrogen and oxygen atoms in total. The zero-order valence-corrected chi connectivity index (χ0v) is 20.8. The lowest BCUT2D eigenvalue weighted by atomic mass is 10.1. The monoisotopic (exact) mass is 476 g/mol. The molecule has 0 bridgehead atoms. The van der Waals surface area contributed by atoms with E-state index in [1.54, 1.807) is 18.1 Å². The van der Waals surface area contributed by atoms with E-state index >= 15 is 0 Å². The first-order valence-corrected chi connectivity index (χ1v) is 12.4. The van der Waals surface area contributed by atoms with Crippen molar-refractivity contribution in [1.29, 1.82) is 0 Å². The first kappa shape index (κ1) is 26.1. The quantitative estimate of drug-likeness (QED) is 0.459. The standard InChI is InChI=1S/C25H33ClN2O3S/c1-5-23(25(30)27-14-18(2)3)28(15-20-8-6-7-9-22(20)26)24(29)17-32-16-19-10-12-21(31-4)13-11-19/h6-13,18,23H,5,14-17H2,1-4H3,(H,27,30). The minimum atomic E-state index is -0.542. The average molecular weight is 477 g/mol. The molecule has 2 amide bonds. The Kier molecular flexibility index (Phi) is 10.9. The van der Waals surface area contributed by atoms with Crippen molar-refractivity contribution in [3.8, 4) is 5.75 Å². The van der Waals surface area contributed by atoms with E-state index in [1.807, 2.05) is 63.2 Å². The van der Waals surface area contributed by atoms with Crippen molar-refractivity contribution in [3.63, 3.8) is 0 Å². The van der Waals surface area contributed by atoms with Crippen LogP contribution < -0.4 is 10.1 Å². The SMILES string of the molecule is CCC(C(=O)NCC(C)C)N(Cc1ccccc1Cl)C(=O)CSCc1ccc(OC)cc1. The second-order valence-electron chi connectivity index (χ2n) is 8.02. The van der Waals surface area contributed by atoms with Gasteiger partial charge < -0.3 is 15.0 Å². The van der Waals surface area contributed by atoms with Crippen molar-refractivity contribution in [2.75, 3.05) is 19.4 Å². The van der Waals surface area contributed by atoms with Crippen LogP contribution >= 0.6 is 23.4 Å². The van der Waals surface area contributed by atoms with Crippen LogP contribution in [0.5, 0.6) is 5.75 Å². The van der Waals surface area contributed by atoms with E-state index < -0.39 is 6.04 Å². The molecule has 2 rings (SSSR count). The summed E-state index contributed by atoms with van der Waals surface area (Å²) in [6.45, 7) is 6.90. The number of hydrogen-bond acceptors (Lipinski definition) is 4. The molecular formula is C25H33ClN2O3S. The van der Waals surface area contributed by atoms with E-state index in [4.69, 9.17) is 16.3 Å². The lowest BCUT2D eigenvalue weighted by Crippen LogP contribution is -2.50. The molecule has 0 aliphatic heterocycles. The summed E-state index contributed by atoms with van der Waals surface area (Å²) in [6.07, 6.45) is 0.531. The van der Waals surface area contributed by atoms with Crippen LogP contribution in [-0.4, -0.2) is 42.2 Å². The van der Waals surface area contributed by atoms with Gasteiger partial charge in [0.1, 0.15) is 11.8 Å². The van der Waals surface area contributed by atoms with Gasteiger partial charge in [-0.2, -0.15) is 0 Å². The van der Waals surface area contributed by atoms with Gasteiger partial charge in [-0.1, -0.05) is 62.7 Å². The Hall–Kier alpha value is -2.18. The largest absolute Gasteiger partial charge is 0.497 e. The summed E-state index contributed by atoms with van der Waals surface area (Å²) in [5.74, 6) is 1.93. The molecule has 0 fully saturated rings. The number of carbonyl (C=O) groups excluding carboxylic acids is 2. The van der Waals surface area contributed by atoms with E-state index in [0.29, 0.717) is 36.2 Å². The maximum atomic E-state index is 13.3. The number of rotatable bonds is 12. The van der Waals surface area contributed by atoms with E-state index in [-0.39, 0.29) is 17.6 Å². The number of carbonyl (C=O) groups is 2. The Balaban J connectivity index is 2.11. The molecule has 174 valence electrons. The topological polar surface area (TPSA) is 58.6 Å². The minimum absolute atomic E-state index is 0.0741. The van der Waals surface area contributed by atoms with E-state index in [2.05, 4.69) is 5.32 Å². The number of halogens is 1. The molecule has 1 N–H and O–H groups in total. The molecule has 0 aliphatic carbocycles. The summed E-state index contributed by atoms with van der Waals surface area (Å²) in [5.41, 5.74) is 1.95. The number of thioether (sulfide) groups is 1. The maximum absolute atomic E-state index is 13.3. The lowest BCUT2D eigenvalue weighted by Gasteiger charge is -2.31. The van der Waals surface area contributed by atoms with Gasteiger partial charge in [-0.15, -0.1) is 11.8 Å². The fourth-order valence-corrected chi connectivity index (χ4v) is 4.28. The van der Waals surface area contributed by atoms with Crippen molar-refractivity contribution < 1.29 is 14.3 Å². The highest BCUT2D eigenvalue weighted by Crippen LogP contribution is 2.22. The van der Waals surface area contributed by atoms with Gasteiger partial charge in [0.25, 0.3) is 0 Å². The molecule has 7 heteroatoms. The first-order valence-electron chi connectivity index (χ1n) is 10.9. The van der Waals surface area contributed by atoms with Crippen LogP contribution in [0.15, 0.2) is 48.5 Å². The van der Waals surface area contributed by atoms with Gasteiger partial charge in [-0.25, -0.2) is 0 Å². The van der Waals surface area contributed by atoms with Crippen molar-refractivity contribution in [3.05, 3.63) is 64.7 Å². The molecule has 0 heterocycles. The molecule has 0 spiro atoms. The molecule has 1 atom stereocenters. The molecule has 0 saturated heterocycles. The second kappa shape index (κ2) is 13.4. The summed E-state index contributed by atoms with van der Waals surface area (Å²) >= 11 is 7.89. The number of amides is 2. The fraction of sp³-hybridized carbons (Fsp3) is 0.440. The molecule has 32 heavy (non-hydrogen) atoms. The van der Waals surface area contributed by atoms with Gasteiger partial charge >= 0.3 is 0 Å². The lowest BCUT2D eigenvalue weighted by molar-refractivity contribution is -0.139. The van der Waals surface area contributed by atoms with Crippen LogP contribution in [0.3, 0.4) is 0 Å². The third-order valence-corrected chi connectivity index (χ3v) is 6.38. The van der Waals surface area contributed by atoms with Gasteiger partial charge in [0.15, 0.2) is 0 Å². The summed E-state index contributed by atoms with van der Waals surface area (Å²) in [5, 5.41) is 3.57. The van der Waals surface area contributed by atoms with Crippen LogP contribution in [0.1, 0.15) is 38.3 Å². The van der Waals surface area contributed by atoms with Gasteiger partial charge in [0.2, 0.25) is 11.8 Å². The average Bonchev–Trinajstić information content (AvgIpc) is 2.79. The zero-order chi connectivity index (χ0) is 23.5. The van der Waals surface area contributed by atoms with E-state index in [9.17, 15) is 9.59 Å². The molecule has 0 saturated carbocycles. The number of benzene rings is 2. The van der Waals surface area contributed by atoms with Crippen LogP contribution in [0.25, 0.3) is 0 Å². The van der Waals surface area contributed by atoms with Gasteiger partial charge in [0, 0.05) is 23.9 Å². The highest BCUT2D eigenvalue weighted by Gasteiger charge is 2.29. The molecule has 1 unspecified atom stereocenters. The third kappa shape index (κ3) is 8.06. The summed E-state index contributed by atoms with van der Waals surface area (Å²) in [4.78, 5) is 27.8. The van der Waals surface area contributed by atoms with Crippen LogP contribution in [0, 0.1) is 5.92 Å². The van der Waals surface area contributed by atoms with E-state index in [1.165, 1.54) is 11.8 Å². The van der Waals surface area contributed by atoms with Gasteiger partial charge in [-0.3, -0.25) is 9.59 Å².